The Morgan fingerprint density at radius 2 is 2.06 bits per heavy atom. The summed E-state index contributed by atoms with van der Waals surface area (Å²) in [6.07, 6.45) is 3.91. The fraction of sp³-hybridized carbons (Fsp3) is 0.444. The first kappa shape index (κ1) is 9.49. The lowest BCUT2D eigenvalue weighted by Gasteiger charge is -1.89. The highest BCUT2D eigenvalue weighted by Gasteiger charge is 2.43. The van der Waals surface area contributed by atoms with Crippen molar-refractivity contribution < 1.29 is 9.47 Å². The standard InChI is InChI=1S/C5H5N5.C4H6O2/c6-4-3-5(9-1-7-3)10-2-8-4;1-3-4(6-3)2-5-1/h1-2H,(H3,6,7,8,9,10);3-4H,1-2H2. The molecule has 2 aromatic rings. The normalized spacial score (nSPS) is 26.0. The number of imidazole rings is 1. The molecule has 2 aliphatic rings. The van der Waals surface area contributed by atoms with Crippen LogP contribution in [-0.2, 0) is 9.47 Å². The second kappa shape index (κ2) is 3.69. The number of nitrogens with two attached hydrogens (primary N) is 1. The number of aromatic amines is 1. The number of H-pyrrole nitrogens is 1. The molecule has 2 saturated heterocycles. The fourth-order valence-corrected chi connectivity index (χ4v) is 1.56. The van der Waals surface area contributed by atoms with Gasteiger partial charge in [0.15, 0.2) is 11.5 Å². The van der Waals surface area contributed by atoms with Crippen molar-refractivity contribution in [2.24, 2.45) is 0 Å². The van der Waals surface area contributed by atoms with Crippen LogP contribution in [0.3, 0.4) is 0 Å². The Labute approximate surface area is 91.0 Å². The highest BCUT2D eigenvalue weighted by molar-refractivity contribution is 5.80. The van der Waals surface area contributed by atoms with Crippen LogP contribution in [0.15, 0.2) is 12.7 Å². The van der Waals surface area contributed by atoms with Crippen molar-refractivity contribution in [2.75, 3.05) is 18.9 Å². The zero-order valence-corrected chi connectivity index (χ0v) is 8.46. The van der Waals surface area contributed by atoms with Gasteiger partial charge in [0.05, 0.1) is 19.5 Å². The smallest absolute Gasteiger partial charge is 0.182 e. The maximum absolute atomic E-state index is 5.48. The van der Waals surface area contributed by atoms with Gasteiger partial charge in [0, 0.05) is 0 Å². The molecule has 0 bridgehead atoms. The van der Waals surface area contributed by atoms with Crippen LogP contribution in [0.1, 0.15) is 0 Å². The highest BCUT2D eigenvalue weighted by Crippen LogP contribution is 2.27. The minimum Gasteiger partial charge on any atom is -0.382 e. The van der Waals surface area contributed by atoms with Crippen LogP contribution in [0.2, 0.25) is 0 Å². The largest absolute Gasteiger partial charge is 0.382 e. The lowest BCUT2D eigenvalue weighted by atomic mass is 10.4. The second-order valence-electron chi connectivity index (χ2n) is 3.61. The lowest BCUT2D eigenvalue weighted by molar-refractivity contribution is 0.100. The number of nitrogen functional groups attached to an aromatic ring is 1. The van der Waals surface area contributed by atoms with Crippen molar-refractivity contribution in [1.82, 2.24) is 19.9 Å². The van der Waals surface area contributed by atoms with Crippen molar-refractivity contribution in [3.63, 3.8) is 0 Å². The van der Waals surface area contributed by atoms with E-state index in [0.717, 1.165) is 13.2 Å². The Bertz CT molecular complexity index is 491. The summed E-state index contributed by atoms with van der Waals surface area (Å²) in [6, 6.07) is 0. The minimum absolute atomic E-state index is 0.433. The van der Waals surface area contributed by atoms with Crippen LogP contribution in [0.5, 0.6) is 0 Å². The molecular weight excluding hydrogens is 210 g/mol. The maximum atomic E-state index is 5.48. The molecular formula is C9H11N5O2. The predicted octanol–water partition coefficient (Wildman–Crippen LogP) is -0.281. The van der Waals surface area contributed by atoms with Gasteiger partial charge in [0.2, 0.25) is 0 Å². The topological polar surface area (TPSA) is 102 Å². The number of epoxide rings is 1. The molecule has 2 atom stereocenters. The summed E-state index contributed by atoms with van der Waals surface area (Å²) in [7, 11) is 0. The van der Waals surface area contributed by atoms with Crippen molar-refractivity contribution in [3.05, 3.63) is 12.7 Å². The van der Waals surface area contributed by atoms with Crippen LogP contribution in [0, 0.1) is 0 Å². The quantitative estimate of drug-likeness (QED) is 0.593. The van der Waals surface area contributed by atoms with Gasteiger partial charge in [-0.3, -0.25) is 0 Å². The number of fused-ring (bicyclic) bond motifs is 2. The summed E-state index contributed by atoms with van der Waals surface area (Å²) in [5.74, 6) is 0.433. The van der Waals surface area contributed by atoms with Crippen LogP contribution in [-0.4, -0.2) is 45.4 Å². The average Bonchev–Trinajstić information content (AvgIpc) is 2.76. The monoisotopic (exact) mass is 221 g/mol. The number of ether oxygens (including phenoxy) is 2. The molecule has 2 aliphatic heterocycles. The van der Waals surface area contributed by atoms with Gasteiger partial charge in [-0.15, -0.1) is 0 Å². The predicted molar refractivity (Wildman–Crippen MR) is 55.6 cm³/mol. The Morgan fingerprint density at radius 3 is 2.62 bits per heavy atom. The van der Waals surface area contributed by atoms with Crippen LogP contribution < -0.4 is 5.73 Å². The summed E-state index contributed by atoms with van der Waals surface area (Å²) >= 11 is 0. The van der Waals surface area contributed by atoms with E-state index < -0.39 is 0 Å². The van der Waals surface area contributed by atoms with Crippen LogP contribution >= 0.6 is 0 Å². The van der Waals surface area contributed by atoms with E-state index in [9.17, 15) is 0 Å². The van der Waals surface area contributed by atoms with Crippen LogP contribution in [0.25, 0.3) is 11.2 Å². The van der Waals surface area contributed by atoms with E-state index in [0.29, 0.717) is 29.2 Å². The molecule has 0 amide bonds. The molecule has 4 heterocycles. The van der Waals surface area contributed by atoms with E-state index in [4.69, 9.17) is 15.2 Å². The van der Waals surface area contributed by atoms with E-state index in [2.05, 4.69) is 19.9 Å². The molecule has 0 radical (unpaired) electrons. The molecule has 0 aliphatic carbocycles. The zero-order valence-electron chi connectivity index (χ0n) is 8.46. The number of anilines is 1. The SMILES string of the molecule is C1OCC2OC12.Nc1ncnc2nc[nH]c12. The molecule has 2 fully saturated rings. The number of hydrogen-bond acceptors (Lipinski definition) is 6. The molecule has 3 N–H and O–H groups in total. The van der Waals surface area contributed by atoms with Gasteiger partial charge >= 0.3 is 0 Å². The number of nitrogens with one attached hydrogen (secondary N) is 1. The third kappa shape index (κ3) is 1.70. The minimum atomic E-state index is 0.433. The van der Waals surface area contributed by atoms with E-state index in [-0.39, 0.29) is 0 Å². The summed E-state index contributed by atoms with van der Waals surface area (Å²) in [5.41, 5.74) is 6.78. The molecule has 84 valence electrons. The molecule has 7 heteroatoms. The van der Waals surface area contributed by atoms with Gasteiger partial charge in [-0.05, 0) is 0 Å². The van der Waals surface area contributed by atoms with Gasteiger partial charge < -0.3 is 20.2 Å². The number of rotatable bonds is 0. The molecule has 0 aromatic carbocycles. The van der Waals surface area contributed by atoms with E-state index in [1.807, 2.05) is 0 Å². The highest BCUT2D eigenvalue weighted by atomic mass is 16.7. The van der Waals surface area contributed by atoms with E-state index in [1.54, 1.807) is 0 Å². The van der Waals surface area contributed by atoms with Gasteiger partial charge in [-0.2, -0.15) is 0 Å². The fourth-order valence-electron chi connectivity index (χ4n) is 1.56. The summed E-state index contributed by atoms with van der Waals surface area (Å²) < 4.78 is 10.0. The molecule has 4 rings (SSSR count). The van der Waals surface area contributed by atoms with Gasteiger partial charge in [0.25, 0.3) is 0 Å². The van der Waals surface area contributed by atoms with E-state index >= 15 is 0 Å². The average molecular weight is 221 g/mol. The Hall–Kier alpha value is -1.73. The molecule has 0 spiro atoms. The van der Waals surface area contributed by atoms with Crippen molar-refractivity contribution in [1.29, 1.82) is 0 Å². The molecule has 16 heavy (non-hydrogen) atoms. The zero-order chi connectivity index (χ0) is 11.0. The summed E-state index contributed by atoms with van der Waals surface area (Å²) in [4.78, 5) is 14.4. The van der Waals surface area contributed by atoms with Crippen molar-refractivity contribution in [3.8, 4) is 0 Å². The Balaban J connectivity index is 0.000000114. The third-order valence-electron chi connectivity index (χ3n) is 2.50. The van der Waals surface area contributed by atoms with Crippen molar-refractivity contribution >= 4 is 17.0 Å². The first-order chi connectivity index (χ1) is 7.84. The number of nitrogens with zero attached hydrogens (tertiary/aromatic N) is 3. The van der Waals surface area contributed by atoms with Gasteiger partial charge in [0.1, 0.15) is 24.1 Å². The lowest BCUT2D eigenvalue weighted by Crippen LogP contribution is -1.91. The molecule has 7 nitrogen and oxygen atoms in total. The van der Waals surface area contributed by atoms with E-state index in [1.165, 1.54) is 12.7 Å². The Morgan fingerprint density at radius 1 is 1.25 bits per heavy atom. The first-order valence-electron chi connectivity index (χ1n) is 4.97. The first-order valence-corrected chi connectivity index (χ1v) is 4.97. The van der Waals surface area contributed by atoms with Crippen LogP contribution in [0.4, 0.5) is 5.82 Å². The number of hydrogen-bond donors (Lipinski definition) is 2. The third-order valence-corrected chi connectivity index (χ3v) is 2.50. The van der Waals surface area contributed by atoms with Gasteiger partial charge in [-0.25, -0.2) is 15.0 Å². The summed E-state index contributed by atoms with van der Waals surface area (Å²) in [6.45, 7) is 1.68. The summed E-state index contributed by atoms with van der Waals surface area (Å²) in [5, 5.41) is 0. The Kier molecular flexibility index (Phi) is 2.19. The van der Waals surface area contributed by atoms with Crippen molar-refractivity contribution in [2.45, 2.75) is 12.2 Å². The molecule has 2 aromatic heterocycles. The second-order valence-corrected chi connectivity index (χ2v) is 3.61. The maximum Gasteiger partial charge on any atom is 0.182 e. The molecule has 2 unspecified atom stereocenters. The van der Waals surface area contributed by atoms with Gasteiger partial charge in [-0.1, -0.05) is 0 Å². The number of aromatic nitrogens is 4. The molecule has 0 saturated carbocycles.